The third-order valence-electron chi connectivity index (χ3n) is 2.16. The molecule has 1 fully saturated rings. The Morgan fingerprint density at radius 1 is 1.67 bits per heavy atom. The lowest BCUT2D eigenvalue weighted by Crippen LogP contribution is -2.32. The predicted molar refractivity (Wildman–Crippen MR) is 39.6 cm³/mol. The summed E-state index contributed by atoms with van der Waals surface area (Å²) >= 11 is 0. The summed E-state index contributed by atoms with van der Waals surface area (Å²) in [6.45, 7) is 5.77. The lowest BCUT2D eigenvalue weighted by atomic mass is 10.2. The minimum Gasteiger partial charge on any atom is -0.315 e. The Morgan fingerprint density at radius 3 is 2.89 bits per heavy atom. The zero-order valence-electron chi connectivity index (χ0n) is 6.35. The molecule has 1 saturated heterocycles. The van der Waals surface area contributed by atoms with E-state index in [1.165, 1.54) is 26.1 Å². The number of rotatable bonds is 2. The van der Waals surface area contributed by atoms with Crippen molar-refractivity contribution in [2.75, 3.05) is 26.7 Å². The van der Waals surface area contributed by atoms with Gasteiger partial charge in [0.1, 0.15) is 0 Å². The Kier molecular flexibility index (Phi) is 2.49. The summed E-state index contributed by atoms with van der Waals surface area (Å²) in [5.74, 6) is 0. The molecule has 2 heteroatoms. The van der Waals surface area contributed by atoms with Gasteiger partial charge in [0, 0.05) is 12.6 Å². The molecule has 0 spiro atoms. The Bertz CT molecular complexity index is 77.0. The SMILES string of the molecule is CCN(C)C1CCNC1. The molecule has 0 aromatic carbocycles. The van der Waals surface area contributed by atoms with Crippen LogP contribution in [0.4, 0.5) is 0 Å². The van der Waals surface area contributed by atoms with Gasteiger partial charge in [-0.3, -0.25) is 0 Å². The zero-order chi connectivity index (χ0) is 6.69. The minimum absolute atomic E-state index is 0.801. The summed E-state index contributed by atoms with van der Waals surface area (Å²) in [6, 6.07) is 0.801. The van der Waals surface area contributed by atoms with Gasteiger partial charge >= 0.3 is 0 Å². The van der Waals surface area contributed by atoms with Crippen LogP contribution in [0.1, 0.15) is 13.3 Å². The Hall–Kier alpha value is -0.0800. The van der Waals surface area contributed by atoms with Crippen LogP contribution in [0.3, 0.4) is 0 Å². The first-order valence-electron chi connectivity index (χ1n) is 3.75. The highest BCUT2D eigenvalue weighted by Crippen LogP contribution is 2.04. The zero-order valence-corrected chi connectivity index (χ0v) is 6.35. The molecular weight excluding hydrogens is 112 g/mol. The van der Waals surface area contributed by atoms with Crippen molar-refractivity contribution in [2.45, 2.75) is 19.4 Å². The van der Waals surface area contributed by atoms with Crippen molar-refractivity contribution in [3.63, 3.8) is 0 Å². The van der Waals surface area contributed by atoms with Crippen molar-refractivity contribution in [3.8, 4) is 0 Å². The Balaban J connectivity index is 2.24. The van der Waals surface area contributed by atoms with Crippen molar-refractivity contribution < 1.29 is 0 Å². The first-order chi connectivity index (χ1) is 4.34. The van der Waals surface area contributed by atoms with Crippen molar-refractivity contribution in [1.29, 1.82) is 0 Å². The van der Waals surface area contributed by atoms with Crippen LogP contribution in [0.5, 0.6) is 0 Å². The van der Waals surface area contributed by atoms with Gasteiger partial charge in [0.2, 0.25) is 0 Å². The summed E-state index contributed by atoms with van der Waals surface area (Å²) in [7, 11) is 2.19. The monoisotopic (exact) mass is 128 g/mol. The molecule has 1 N–H and O–H groups in total. The molecule has 2 nitrogen and oxygen atoms in total. The fourth-order valence-corrected chi connectivity index (χ4v) is 1.27. The molecule has 0 radical (unpaired) electrons. The quantitative estimate of drug-likeness (QED) is 0.575. The summed E-state index contributed by atoms with van der Waals surface area (Å²) in [5.41, 5.74) is 0. The lowest BCUT2D eigenvalue weighted by molar-refractivity contribution is 0.270. The van der Waals surface area contributed by atoms with Crippen molar-refractivity contribution in [2.24, 2.45) is 0 Å². The standard InChI is InChI=1S/C7H16N2/c1-3-9(2)7-4-5-8-6-7/h7-8H,3-6H2,1-2H3. The van der Waals surface area contributed by atoms with Gasteiger partial charge in [0.05, 0.1) is 0 Å². The molecule has 0 amide bonds. The van der Waals surface area contributed by atoms with E-state index in [1.807, 2.05) is 0 Å². The lowest BCUT2D eigenvalue weighted by Gasteiger charge is -2.20. The fourth-order valence-electron chi connectivity index (χ4n) is 1.27. The molecule has 0 aliphatic carbocycles. The maximum Gasteiger partial charge on any atom is 0.0229 e. The van der Waals surface area contributed by atoms with Crippen LogP contribution in [0, 0.1) is 0 Å². The topological polar surface area (TPSA) is 15.3 Å². The van der Waals surface area contributed by atoms with E-state index in [1.54, 1.807) is 0 Å². The average Bonchev–Trinajstić information content (AvgIpc) is 2.37. The van der Waals surface area contributed by atoms with Gasteiger partial charge in [-0.15, -0.1) is 0 Å². The largest absolute Gasteiger partial charge is 0.315 e. The average molecular weight is 128 g/mol. The molecule has 1 aliphatic heterocycles. The van der Waals surface area contributed by atoms with Crippen LogP contribution in [-0.4, -0.2) is 37.6 Å². The first-order valence-corrected chi connectivity index (χ1v) is 3.75. The molecule has 0 aromatic heterocycles. The molecule has 54 valence electrons. The summed E-state index contributed by atoms with van der Waals surface area (Å²) in [5, 5.41) is 3.35. The number of nitrogens with one attached hydrogen (secondary N) is 1. The van der Waals surface area contributed by atoms with Gasteiger partial charge in [0.25, 0.3) is 0 Å². The van der Waals surface area contributed by atoms with Crippen LogP contribution in [0.25, 0.3) is 0 Å². The number of likely N-dealkylation sites (N-methyl/N-ethyl adjacent to an activating group) is 1. The van der Waals surface area contributed by atoms with Crippen LogP contribution in [0.15, 0.2) is 0 Å². The number of hydrogen-bond acceptors (Lipinski definition) is 2. The molecule has 1 atom stereocenters. The normalized spacial score (nSPS) is 27.7. The summed E-state index contributed by atoms with van der Waals surface area (Å²) in [6.07, 6.45) is 1.32. The van der Waals surface area contributed by atoms with E-state index in [0.717, 1.165) is 6.04 Å². The molecule has 0 bridgehead atoms. The third kappa shape index (κ3) is 1.66. The first kappa shape index (κ1) is 7.03. The predicted octanol–water partition coefficient (Wildman–Crippen LogP) is 0.300. The highest BCUT2D eigenvalue weighted by atomic mass is 15.2. The Labute approximate surface area is 57.2 Å². The highest BCUT2D eigenvalue weighted by molar-refractivity contribution is 4.77. The molecule has 1 aliphatic rings. The van der Waals surface area contributed by atoms with E-state index in [0.29, 0.717) is 0 Å². The third-order valence-corrected chi connectivity index (χ3v) is 2.16. The molecule has 9 heavy (non-hydrogen) atoms. The van der Waals surface area contributed by atoms with Crippen LogP contribution >= 0.6 is 0 Å². The van der Waals surface area contributed by atoms with Gasteiger partial charge in [-0.2, -0.15) is 0 Å². The number of hydrogen-bond donors (Lipinski definition) is 1. The molecule has 0 aromatic rings. The van der Waals surface area contributed by atoms with E-state index in [-0.39, 0.29) is 0 Å². The molecule has 1 rings (SSSR count). The van der Waals surface area contributed by atoms with Gasteiger partial charge in [0.15, 0.2) is 0 Å². The molecular formula is C7H16N2. The maximum absolute atomic E-state index is 3.35. The second kappa shape index (κ2) is 3.18. The van der Waals surface area contributed by atoms with E-state index >= 15 is 0 Å². The molecule has 1 heterocycles. The maximum atomic E-state index is 3.35. The van der Waals surface area contributed by atoms with E-state index in [2.05, 4.69) is 24.2 Å². The minimum atomic E-state index is 0.801. The Morgan fingerprint density at radius 2 is 2.44 bits per heavy atom. The van der Waals surface area contributed by atoms with Gasteiger partial charge in [-0.05, 0) is 26.6 Å². The summed E-state index contributed by atoms with van der Waals surface area (Å²) < 4.78 is 0. The van der Waals surface area contributed by atoms with Gasteiger partial charge < -0.3 is 10.2 Å². The van der Waals surface area contributed by atoms with Crippen molar-refractivity contribution in [1.82, 2.24) is 10.2 Å². The smallest absolute Gasteiger partial charge is 0.0229 e. The number of nitrogens with zero attached hydrogens (tertiary/aromatic N) is 1. The van der Waals surface area contributed by atoms with E-state index in [9.17, 15) is 0 Å². The highest BCUT2D eigenvalue weighted by Gasteiger charge is 2.16. The van der Waals surface area contributed by atoms with E-state index in [4.69, 9.17) is 0 Å². The second-order valence-corrected chi connectivity index (χ2v) is 2.72. The van der Waals surface area contributed by atoms with Crippen molar-refractivity contribution >= 4 is 0 Å². The van der Waals surface area contributed by atoms with Crippen molar-refractivity contribution in [3.05, 3.63) is 0 Å². The fraction of sp³-hybridized carbons (Fsp3) is 1.00. The van der Waals surface area contributed by atoms with Gasteiger partial charge in [-0.1, -0.05) is 6.92 Å². The second-order valence-electron chi connectivity index (χ2n) is 2.72. The summed E-state index contributed by atoms with van der Waals surface area (Å²) in [4.78, 5) is 2.40. The molecule has 0 saturated carbocycles. The molecule has 1 unspecified atom stereocenters. The van der Waals surface area contributed by atoms with E-state index < -0.39 is 0 Å². The van der Waals surface area contributed by atoms with Crippen LogP contribution < -0.4 is 5.32 Å². The van der Waals surface area contributed by atoms with Crippen LogP contribution in [0.2, 0.25) is 0 Å². The van der Waals surface area contributed by atoms with Gasteiger partial charge in [-0.25, -0.2) is 0 Å². The van der Waals surface area contributed by atoms with Crippen LogP contribution in [-0.2, 0) is 0 Å².